The van der Waals surface area contributed by atoms with Crippen LogP contribution in [-0.2, 0) is 9.59 Å². The number of nitrogens with one attached hydrogen (secondary N) is 1. The van der Waals surface area contributed by atoms with Crippen LogP contribution in [0.15, 0.2) is 47.3 Å². The number of para-hydroxylation sites is 2. The summed E-state index contributed by atoms with van der Waals surface area (Å²) in [5, 5.41) is -0.133. The predicted octanol–water partition coefficient (Wildman–Crippen LogP) is 3.09. The molecule has 2 aromatic carbocycles. The first-order valence-electron chi connectivity index (χ1n) is 10.2. The molecular weight excluding hydrogens is 423 g/mol. The van der Waals surface area contributed by atoms with Crippen LogP contribution in [-0.4, -0.2) is 45.4 Å². The molecule has 31 heavy (non-hydrogen) atoms. The van der Waals surface area contributed by atoms with Gasteiger partial charge in [-0.05, 0) is 43.2 Å². The minimum absolute atomic E-state index is 0.0270. The van der Waals surface area contributed by atoms with Gasteiger partial charge in [0, 0.05) is 19.1 Å². The van der Waals surface area contributed by atoms with Crippen molar-refractivity contribution in [3.63, 3.8) is 0 Å². The molecule has 1 N–H and O–H groups in total. The normalized spacial score (nSPS) is 20.8. The number of nitrogens with zero attached hydrogens (tertiary/aromatic N) is 3. The van der Waals surface area contributed by atoms with E-state index in [-0.39, 0.29) is 40.7 Å². The number of benzene rings is 2. The SMILES string of the molecule is O=C1CC(N2CCC(n3c(=O)[nH]c4ccccc43)CC2)C(=O)N1c1ccc(F)c(Cl)c1. The lowest BCUT2D eigenvalue weighted by Gasteiger charge is -2.35. The monoisotopic (exact) mass is 442 g/mol. The Hall–Kier alpha value is -2.97. The first-order valence-corrected chi connectivity index (χ1v) is 10.6. The van der Waals surface area contributed by atoms with Gasteiger partial charge in [0.05, 0.1) is 34.2 Å². The van der Waals surface area contributed by atoms with E-state index in [1.165, 1.54) is 12.1 Å². The molecule has 2 fully saturated rings. The van der Waals surface area contributed by atoms with E-state index in [1.54, 1.807) is 4.57 Å². The molecule has 2 aliphatic heterocycles. The number of hydrogen-bond donors (Lipinski definition) is 1. The summed E-state index contributed by atoms with van der Waals surface area (Å²) in [6.07, 6.45) is 1.47. The maximum Gasteiger partial charge on any atom is 0.326 e. The Morgan fingerprint density at radius 3 is 2.52 bits per heavy atom. The molecule has 3 aromatic rings. The lowest BCUT2D eigenvalue weighted by Crippen LogP contribution is -2.46. The van der Waals surface area contributed by atoms with E-state index in [4.69, 9.17) is 11.6 Å². The van der Waals surface area contributed by atoms with Crippen LogP contribution in [0.25, 0.3) is 11.0 Å². The highest BCUT2D eigenvalue weighted by Crippen LogP contribution is 2.32. The van der Waals surface area contributed by atoms with Crippen LogP contribution < -0.4 is 10.6 Å². The average molecular weight is 443 g/mol. The van der Waals surface area contributed by atoms with Crippen LogP contribution >= 0.6 is 11.6 Å². The van der Waals surface area contributed by atoms with Gasteiger partial charge in [0.15, 0.2) is 0 Å². The van der Waals surface area contributed by atoms with E-state index in [0.29, 0.717) is 25.9 Å². The molecule has 0 aliphatic carbocycles. The summed E-state index contributed by atoms with van der Waals surface area (Å²) in [4.78, 5) is 44.0. The van der Waals surface area contributed by atoms with Gasteiger partial charge in [-0.1, -0.05) is 23.7 Å². The number of fused-ring (bicyclic) bond motifs is 1. The number of hydrogen-bond acceptors (Lipinski definition) is 4. The maximum absolute atomic E-state index is 13.5. The topological polar surface area (TPSA) is 78.4 Å². The number of likely N-dealkylation sites (tertiary alicyclic amines) is 1. The molecule has 2 aliphatic rings. The third-order valence-electron chi connectivity index (χ3n) is 6.21. The quantitative estimate of drug-likeness (QED) is 0.632. The minimum atomic E-state index is -0.601. The Kier molecular flexibility index (Phi) is 4.91. The van der Waals surface area contributed by atoms with Crippen molar-refractivity contribution in [2.45, 2.75) is 31.3 Å². The first-order chi connectivity index (χ1) is 14.9. The van der Waals surface area contributed by atoms with Crippen LogP contribution in [0.2, 0.25) is 5.02 Å². The lowest BCUT2D eigenvalue weighted by molar-refractivity contribution is -0.123. The molecule has 2 amide bonds. The number of carbonyl (C=O) groups is 2. The van der Waals surface area contributed by atoms with Gasteiger partial charge < -0.3 is 4.98 Å². The summed E-state index contributed by atoms with van der Waals surface area (Å²) in [5.74, 6) is -1.25. The molecule has 9 heteroatoms. The zero-order valence-electron chi connectivity index (χ0n) is 16.6. The fourth-order valence-electron chi connectivity index (χ4n) is 4.69. The molecule has 0 radical (unpaired) electrons. The number of amides is 2. The first kappa shape index (κ1) is 20.0. The Morgan fingerprint density at radius 2 is 1.77 bits per heavy atom. The van der Waals surface area contributed by atoms with Gasteiger partial charge in [-0.15, -0.1) is 0 Å². The number of H-pyrrole nitrogens is 1. The van der Waals surface area contributed by atoms with Crippen LogP contribution in [0.3, 0.4) is 0 Å². The number of aromatic nitrogens is 2. The third-order valence-corrected chi connectivity index (χ3v) is 6.50. The van der Waals surface area contributed by atoms with Gasteiger partial charge in [-0.3, -0.25) is 19.1 Å². The van der Waals surface area contributed by atoms with Crippen molar-refractivity contribution in [2.24, 2.45) is 0 Å². The lowest BCUT2D eigenvalue weighted by atomic mass is 10.0. The molecule has 1 atom stereocenters. The van der Waals surface area contributed by atoms with Crippen molar-refractivity contribution in [2.75, 3.05) is 18.0 Å². The number of imide groups is 1. The number of imidazole rings is 1. The van der Waals surface area contributed by atoms with Crippen LogP contribution in [0, 0.1) is 5.82 Å². The second-order valence-corrected chi connectivity index (χ2v) is 8.38. The third kappa shape index (κ3) is 3.36. The average Bonchev–Trinajstić information content (AvgIpc) is 3.25. The van der Waals surface area contributed by atoms with Crippen LogP contribution in [0.5, 0.6) is 0 Å². The molecule has 160 valence electrons. The Labute approximate surface area is 182 Å². The van der Waals surface area contributed by atoms with Crippen molar-refractivity contribution in [1.82, 2.24) is 14.5 Å². The van der Waals surface area contributed by atoms with E-state index in [0.717, 1.165) is 22.0 Å². The van der Waals surface area contributed by atoms with E-state index < -0.39 is 11.9 Å². The summed E-state index contributed by atoms with van der Waals surface area (Å²) >= 11 is 5.83. The van der Waals surface area contributed by atoms with E-state index in [2.05, 4.69) is 4.98 Å². The number of piperidine rings is 1. The molecule has 3 heterocycles. The summed E-state index contributed by atoms with van der Waals surface area (Å²) < 4.78 is 15.3. The zero-order valence-corrected chi connectivity index (χ0v) is 17.3. The molecule has 5 rings (SSSR count). The summed E-state index contributed by atoms with van der Waals surface area (Å²) in [6, 6.07) is 10.9. The highest BCUT2D eigenvalue weighted by molar-refractivity contribution is 6.31. The zero-order chi connectivity index (χ0) is 21.7. The van der Waals surface area contributed by atoms with Crippen LogP contribution in [0.1, 0.15) is 25.3 Å². The number of aromatic amines is 1. The second-order valence-electron chi connectivity index (χ2n) is 7.97. The molecule has 0 bridgehead atoms. The van der Waals surface area contributed by atoms with Gasteiger partial charge in [0.25, 0.3) is 5.91 Å². The molecule has 1 aromatic heterocycles. The number of rotatable bonds is 3. The summed E-state index contributed by atoms with van der Waals surface area (Å²) in [6.45, 7) is 1.19. The largest absolute Gasteiger partial charge is 0.326 e. The van der Waals surface area contributed by atoms with Gasteiger partial charge >= 0.3 is 5.69 Å². The van der Waals surface area contributed by atoms with Gasteiger partial charge in [0.2, 0.25) is 5.91 Å². The summed E-state index contributed by atoms with van der Waals surface area (Å²) in [5.41, 5.74) is 1.83. The van der Waals surface area contributed by atoms with Crippen molar-refractivity contribution in [3.05, 3.63) is 63.8 Å². The fourth-order valence-corrected chi connectivity index (χ4v) is 4.86. The predicted molar refractivity (Wildman–Crippen MR) is 115 cm³/mol. The molecule has 0 spiro atoms. The standard InChI is InChI=1S/C22H20ClFN4O3/c23-15-11-14(5-6-16(15)24)28-20(29)12-19(21(28)30)26-9-7-13(8-10-26)27-18-4-2-1-3-17(18)25-22(27)31/h1-6,11,13,19H,7-10,12H2,(H,25,31). The number of anilines is 1. The Bertz CT molecular complexity index is 1250. The number of carbonyl (C=O) groups excluding carboxylic acids is 2. The molecule has 0 saturated carbocycles. The van der Waals surface area contributed by atoms with Crippen molar-refractivity contribution in [1.29, 1.82) is 0 Å². The smallest absolute Gasteiger partial charge is 0.306 e. The fraction of sp³-hybridized carbons (Fsp3) is 0.318. The highest BCUT2D eigenvalue weighted by atomic mass is 35.5. The van der Waals surface area contributed by atoms with Gasteiger partial charge in [-0.25, -0.2) is 14.1 Å². The van der Waals surface area contributed by atoms with E-state index in [9.17, 15) is 18.8 Å². The van der Waals surface area contributed by atoms with E-state index >= 15 is 0 Å². The molecule has 1 unspecified atom stereocenters. The van der Waals surface area contributed by atoms with Gasteiger partial charge in [0.1, 0.15) is 5.82 Å². The van der Waals surface area contributed by atoms with Crippen molar-refractivity contribution in [3.8, 4) is 0 Å². The van der Waals surface area contributed by atoms with E-state index in [1.807, 2.05) is 29.2 Å². The van der Waals surface area contributed by atoms with Crippen molar-refractivity contribution < 1.29 is 14.0 Å². The minimum Gasteiger partial charge on any atom is -0.306 e. The Morgan fingerprint density at radius 1 is 1.03 bits per heavy atom. The van der Waals surface area contributed by atoms with Gasteiger partial charge in [-0.2, -0.15) is 0 Å². The molecule has 7 nitrogen and oxygen atoms in total. The number of halogens is 2. The second kappa shape index (κ2) is 7.62. The summed E-state index contributed by atoms with van der Waals surface area (Å²) in [7, 11) is 0. The maximum atomic E-state index is 13.5. The van der Waals surface area contributed by atoms with Crippen molar-refractivity contribution >= 4 is 40.1 Å². The van der Waals surface area contributed by atoms with Crippen LogP contribution in [0.4, 0.5) is 10.1 Å². The molecular formula is C22H20ClFN4O3. The highest BCUT2D eigenvalue weighted by Gasteiger charge is 2.43. The Balaban J connectivity index is 1.32. The molecule has 2 saturated heterocycles.